The van der Waals surface area contributed by atoms with Gasteiger partial charge in [0.1, 0.15) is 0 Å². The van der Waals surface area contributed by atoms with E-state index in [0.717, 1.165) is 12.6 Å². The maximum Gasteiger partial charge on any atom is 0.0415 e. The van der Waals surface area contributed by atoms with Crippen LogP contribution in [-0.2, 0) is 5.75 Å². The molecule has 0 bridgehead atoms. The molecule has 2 nitrogen and oxygen atoms in total. The molecule has 3 rings (SSSR count). The van der Waals surface area contributed by atoms with E-state index in [4.69, 9.17) is 0 Å². The Morgan fingerprint density at radius 2 is 2.16 bits per heavy atom. The van der Waals surface area contributed by atoms with Crippen molar-refractivity contribution in [3.8, 4) is 0 Å². The van der Waals surface area contributed by atoms with Crippen molar-refractivity contribution in [2.45, 2.75) is 43.6 Å². The Hall–Kier alpha value is -0.510. The summed E-state index contributed by atoms with van der Waals surface area (Å²) in [4.78, 5) is 2.54. The summed E-state index contributed by atoms with van der Waals surface area (Å²) in [5.74, 6) is 2.38. The van der Waals surface area contributed by atoms with Gasteiger partial charge in [0.05, 0.1) is 0 Å². The first kappa shape index (κ1) is 13.5. The third-order valence-corrected chi connectivity index (χ3v) is 5.53. The molecule has 1 aromatic rings. The Morgan fingerprint density at radius 3 is 2.95 bits per heavy atom. The molecule has 1 N–H and O–H groups in total. The lowest BCUT2D eigenvalue weighted by molar-refractivity contribution is 0.237. The van der Waals surface area contributed by atoms with Crippen molar-refractivity contribution in [3.63, 3.8) is 0 Å². The van der Waals surface area contributed by atoms with Gasteiger partial charge in [-0.2, -0.15) is 11.8 Å². The predicted octanol–water partition coefficient (Wildman–Crippen LogP) is 3.05. The number of hydrogen-bond donors (Lipinski definition) is 1. The van der Waals surface area contributed by atoms with Gasteiger partial charge < -0.3 is 5.32 Å². The summed E-state index contributed by atoms with van der Waals surface area (Å²) < 4.78 is 0. The monoisotopic (exact) mass is 276 g/mol. The van der Waals surface area contributed by atoms with Gasteiger partial charge in [-0.15, -0.1) is 0 Å². The van der Waals surface area contributed by atoms with E-state index in [1.165, 1.54) is 35.5 Å². The highest BCUT2D eigenvalue weighted by Gasteiger charge is 2.29. The predicted molar refractivity (Wildman–Crippen MR) is 83.6 cm³/mol. The molecule has 1 saturated carbocycles. The van der Waals surface area contributed by atoms with Gasteiger partial charge in [0.2, 0.25) is 0 Å². The number of thioether (sulfide) groups is 1. The summed E-state index contributed by atoms with van der Waals surface area (Å²) in [6, 6.07) is 10.9. The molecule has 0 amide bonds. The van der Waals surface area contributed by atoms with Crippen LogP contribution < -0.4 is 5.32 Å². The number of rotatable bonds is 5. The lowest BCUT2D eigenvalue weighted by atomic mass is 10.0. The highest BCUT2D eigenvalue weighted by molar-refractivity contribution is 7.98. The van der Waals surface area contributed by atoms with Gasteiger partial charge in [-0.25, -0.2) is 0 Å². The average Bonchev–Trinajstić information content (AvgIpc) is 3.28. The zero-order valence-corrected chi connectivity index (χ0v) is 12.7. The van der Waals surface area contributed by atoms with Crippen LogP contribution in [0.2, 0.25) is 0 Å². The lowest BCUT2D eigenvalue weighted by Gasteiger charge is -2.30. The molecule has 104 valence electrons. The minimum Gasteiger partial charge on any atom is -0.308 e. The SMILES string of the molecule is CC(CNC1CSCc2ccccc21)N(C)C1CC1. The van der Waals surface area contributed by atoms with E-state index in [9.17, 15) is 0 Å². The van der Waals surface area contributed by atoms with Crippen molar-refractivity contribution in [1.82, 2.24) is 10.2 Å². The highest BCUT2D eigenvalue weighted by atomic mass is 32.2. The fourth-order valence-corrected chi connectivity index (χ4v) is 3.98. The number of nitrogens with one attached hydrogen (secondary N) is 1. The van der Waals surface area contributed by atoms with Gasteiger partial charge >= 0.3 is 0 Å². The fraction of sp³-hybridized carbons (Fsp3) is 0.625. The van der Waals surface area contributed by atoms with Crippen LogP contribution in [-0.4, -0.2) is 36.3 Å². The molecule has 0 aromatic heterocycles. The summed E-state index contributed by atoms with van der Waals surface area (Å²) in [6.45, 7) is 3.43. The van der Waals surface area contributed by atoms with Crippen LogP contribution in [0.15, 0.2) is 24.3 Å². The Morgan fingerprint density at radius 1 is 1.37 bits per heavy atom. The zero-order chi connectivity index (χ0) is 13.2. The van der Waals surface area contributed by atoms with Gasteiger partial charge in [-0.05, 0) is 37.9 Å². The largest absolute Gasteiger partial charge is 0.308 e. The molecular weight excluding hydrogens is 252 g/mol. The Kier molecular flexibility index (Phi) is 4.15. The average molecular weight is 276 g/mol. The molecule has 1 fully saturated rings. The fourth-order valence-electron chi connectivity index (χ4n) is 2.85. The second-order valence-electron chi connectivity index (χ2n) is 5.92. The van der Waals surface area contributed by atoms with Crippen LogP contribution in [0.1, 0.15) is 36.9 Å². The van der Waals surface area contributed by atoms with Crippen LogP contribution >= 0.6 is 11.8 Å². The summed E-state index contributed by atoms with van der Waals surface area (Å²) >= 11 is 2.05. The third kappa shape index (κ3) is 3.15. The van der Waals surface area contributed by atoms with Crippen molar-refractivity contribution < 1.29 is 0 Å². The highest BCUT2D eigenvalue weighted by Crippen LogP contribution is 2.31. The van der Waals surface area contributed by atoms with E-state index in [1.54, 1.807) is 0 Å². The van der Waals surface area contributed by atoms with Gasteiger partial charge in [-0.3, -0.25) is 4.90 Å². The third-order valence-electron chi connectivity index (χ3n) is 4.45. The molecule has 3 heteroatoms. The number of likely N-dealkylation sites (N-methyl/N-ethyl adjacent to an activating group) is 1. The molecule has 1 aromatic carbocycles. The van der Waals surface area contributed by atoms with Crippen molar-refractivity contribution >= 4 is 11.8 Å². The molecule has 1 aliphatic carbocycles. The summed E-state index contributed by atoms with van der Waals surface area (Å²) in [6.07, 6.45) is 2.78. The van der Waals surface area contributed by atoms with E-state index in [2.05, 4.69) is 48.5 Å². The van der Waals surface area contributed by atoms with Crippen molar-refractivity contribution in [3.05, 3.63) is 35.4 Å². The Balaban J connectivity index is 1.58. The number of hydrogen-bond acceptors (Lipinski definition) is 3. The number of nitrogens with zero attached hydrogens (tertiary/aromatic N) is 1. The Bertz CT molecular complexity index is 431. The van der Waals surface area contributed by atoms with E-state index in [0.29, 0.717) is 12.1 Å². The van der Waals surface area contributed by atoms with Gasteiger partial charge in [0, 0.05) is 36.2 Å². The van der Waals surface area contributed by atoms with Gasteiger partial charge in [0.15, 0.2) is 0 Å². The second kappa shape index (κ2) is 5.86. The summed E-state index contributed by atoms with van der Waals surface area (Å²) in [7, 11) is 2.27. The molecule has 2 unspecified atom stereocenters. The van der Waals surface area contributed by atoms with Crippen LogP contribution in [0.25, 0.3) is 0 Å². The Labute approximate surface area is 121 Å². The molecule has 2 aliphatic rings. The van der Waals surface area contributed by atoms with Crippen molar-refractivity contribution in [1.29, 1.82) is 0 Å². The molecular formula is C16H24N2S. The standard InChI is InChI=1S/C16H24N2S/c1-12(18(2)14-7-8-14)9-17-16-11-19-10-13-5-3-4-6-15(13)16/h3-6,12,14,16-17H,7-11H2,1-2H3. The first-order valence-electron chi connectivity index (χ1n) is 7.36. The summed E-state index contributed by atoms with van der Waals surface area (Å²) in [5.41, 5.74) is 3.03. The number of fused-ring (bicyclic) bond motifs is 1. The topological polar surface area (TPSA) is 15.3 Å². The van der Waals surface area contributed by atoms with Crippen LogP contribution in [0.4, 0.5) is 0 Å². The van der Waals surface area contributed by atoms with E-state index in [1.807, 2.05) is 11.8 Å². The molecule has 0 saturated heterocycles. The van der Waals surface area contributed by atoms with Gasteiger partial charge in [-0.1, -0.05) is 24.3 Å². The summed E-state index contributed by atoms with van der Waals surface area (Å²) in [5, 5.41) is 3.78. The molecule has 2 atom stereocenters. The molecule has 1 aliphatic heterocycles. The lowest BCUT2D eigenvalue weighted by Crippen LogP contribution is -2.41. The normalized spacial score (nSPS) is 24.3. The molecule has 19 heavy (non-hydrogen) atoms. The second-order valence-corrected chi connectivity index (χ2v) is 6.95. The quantitative estimate of drug-likeness (QED) is 0.890. The first-order valence-corrected chi connectivity index (χ1v) is 8.52. The molecule has 0 radical (unpaired) electrons. The van der Waals surface area contributed by atoms with Gasteiger partial charge in [0.25, 0.3) is 0 Å². The first-order chi connectivity index (χ1) is 9.25. The van der Waals surface area contributed by atoms with E-state index >= 15 is 0 Å². The smallest absolute Gasteiger partial charge is 0.0415 e. The van der Waals surface area contributed by atoms with Crippen molar-refractivity contribution in [2.75, 3.05) is 19.3 Å². The van der Waals surface area contributed by atoms with Crippen LogP contribution in [0.3, 0.4) is 0 Å². The number of benzene rings is 1. The molecule has 0 spiro atoms. The maximum atomic E-state index is 3.78. The zero-order valence-electron chi connectivity index (χ0n) is 11.9. The van der Waals surface area contributed by atoms with E-state index < -0.39 is 0 Å². The van der Waals surface area contributed by atoms with Crippen LogP contribution in [0, 0.1) is 0 Å². The van der Waals surface area contributed by atoms with Crippen molar-refractivity contribution in [2.24, 2.45) is 0 Å². The maximum absolute atomic E-state index is 3.78. The van der Waals surface area contributed by atoms with E-state index in [-0.39, 0.29) is 0 Å². The minimum absolute atomic E-state index is 0.532. The van der Waals surface area contributed by atoms with Crippen LogP contribution in [0.5, 0.6) is 0 Å². The minimum atomic E-state index is 0.532. The molecule has 1 heterocycles.